The van der Waals surface area contributed by atoms with Gasteiger partial charge >= 0.3 is 6.09 Å². The molecule has 0 aliphatic heterocycles. The van der Waals surface area contributed by atoms with Gasteiger partial charge in [-0.05, 0) is 23.8 Å². The van der Waals surface area contributed by atoms with E-state index in [-0.39, 0.29) is 25.4 Å². The molecule has 1 heterocycles. The van der Waals surface area contributed by atoms with E-state index in [0.29, 0.717) is 51.0 Å². The molecule has 0 spiro atoms. The lowest BCUT2D eigenvalue weighted by Gasteiger charge is -2.22. The quantitative estimate of drug-likeness (QED) is 0.480. The molecule has 0 radical (unpaired) electrons. The zero-order chi connectivity index (χ0) is 23.3. The Morgan fingerprint density at radius 1 is 1.18 bits per heavy atom. The van der Waals surface area contributed by atoms with Crippen LogP contribution in [0.5, 0.6) is 11.5 Å². The van der Waals surface area contributed by atoms with E-state index in [0.717, 1.165) is 5.56 Å². The van der Waals surface area contributed by atoms with Gasteiger partial charge in [0.25, 0.3) is 0 Å². The highest BCUT2D eigenvalue weighted by atomic mass is 35.5. The number of ether oxygens (including phenoxy) is 3. The predicted octanol–water partition coefficient (Wildman–Crippen LogP) is 4.07. The Morgan fingerprint density at radius 2 is 1.94 bits per heavy atom. The number of nitrogens with zero attached hydrogens (tertiary/aromatic N) is 3. The SMILES string of the molecule is COC(=O)N(C)c1cc2c(NCc3ccc(OC)c(Cl)c3)ncnc2c(CCO)c1OC.Cl. The van der Waals surface area contributed by atoms with E-state index in [1.165, 1.54) is 25.4 Å². The largest absolute Gasteiger partial charge is 0.495 e. The summed E-state index contributed by atoms with van der Waals surface area (Å²) in [7, 11) is 5.95. The molecule has 2 N–H and O–H groups in total. The number of aliphatic hydroxyl groups is 1. The average molecular weight is 497 g/mol. The fourth-order valence-corrected chi connectivity index (χ4v) is 3.72. The van der Waals surface area contributed by atoms with Gasteiger partial charge in [-0.25, -0.2) is 14.8 Å². The number of nitrogens with one attached hydrogen (secondary N) is 1. The van der Waals surface area contributed by atoms with E-state index in [9.17, 15) is 9.90 Å². The van der Waals surface area contributed by atoms with Crippen LogP contribution in [0.1, 0.15) is 11.1 Å². The molecule has 3 rings (SSSR count). The number of anilines is 2. The zero-order valence-corrected chi connectivity index (χ0v) is 20.3. The molecule has 0 fully saturated rings. The number of amides is 1. The molecule has 0 unspecified atom stereocenters. The van der Waals surface area contributed by atoms with Gasteiger partial charge in [0.15, 0.2) is 0 Å². The third-order valence-corrected chi connectivity index (χ3v) is 5.30. The first-order chi connectivity index (χ1) is 15.4. The van der Waals surface area contributed by atoms with E-state index in [1.807, 2.05) is 12.1 Å². The maximum Gasteiger partial charge on any atom is 0.413 e. The normalized spacial score (nSPS) is 10.4. The summed E-state index contributed by atoms with van der Waals surface area (Å²) in [5.74, 6) is 1.59. The number of fused-ring (bicyclic) bond motifs is 1. The van der Waals surface area contributed by atoms with Crippen LogP contribution in [0.3, 0.4) is 0 Å². The highest BCUT2D eigenvalue weighted by molar-refractivity contribution is 6.32. The van der Waals surface area contributed by atoms with Gasteiger partial charge in [-0.3, -0.25) is 4.90 Å². The molecule has 9 nitrogen and oxygen atoms in total. The third kappa shape index (κ3) is 5.50. The molecule has 0 aliphatic rings. The fourth-order valence-electron chi connectivity index (χ4n) is 3.44. The zero-order valence-electron chi connectivity index (χ0n) is 18.7. The van der Waals surface area contributed by atoms with Crippen LogP contribution >= 0.6 is 24.0 Å². The molecular weight excluding hydrogens is 471 g/mol. The van der Waals surface area contributed by atoms with Gasteiger partial charge in [0.05, 0.1) is 37.6 Å². The topological polar surface area (TPSA) is 106 Å². The Balaban J connectivity index is 0.00000385. The van der Waals surface area contributed by atoms with Crippen molar-refractivity contribution in [1.82, 2.24) is 9.97 Å². The van der Waals surface area contributed by atoms with Gasteiger partial charge in [0.2, 0.25) is 0 Å². The van der Waals surface area contributed by atoms with E-state index in [2.05, 4.69) is 15.3 Å². The summed E-state index contributed by atoms with van der Waals surface area (Å²) in [6.07, 6.45) is 1.17. The van der Waals surface area contributed by atoms with Gasteiger partial charge in [0.1, 0.15) is 23.6 Å². The van der Waals surface area contributed by atoms with E-state index >= 15 is 0 Å². The minimum absolute atomic E-state index is 0. The smallest absolute Gasteiger partial charge is 0.413 e. The number of benzene rings is 2. The van der Waals surface area contributed by atoms with Gasteiger partial charge in [-0.15, -0.1) is 12.4 Å². The summed E-state index contributed by atoms with van der Waals surface area (Å²) < 4.78 is 15.6. The molecular formula is C22H26Cl2N4O5. The van der Waals surface area contributed by atoms with Crippen molar-refractivity contribution in [3.8, 4) is 11.5 Å². The fraction of sp³-hybridized carbons (Fsp3) is 0.318. The van der Waals surface area contributed by atoms with Crippen LogP contribution in [0.15, 0.2) is 30.6 Å². The van der Waals surface area contributed by atoms with Crippen molar-refractivity contribution >= 4 is 52.5 Å². The molecule has 0 atom stereocenters. The molecule has 33 heavy (non-hydrogen) atoms. The summed E-state index contributed by atoms with van der Waals surface area (Å²) in [6, 6.07) is 7.27. The van der Waals surface area contributed by atoms with Crippen molar-refractivity contribution in [3.63, 3.8) is 0 Å². The second-order valence-electron chi connectivity index (χ2n) is 6.85. The number of carbonyl (C=O) groups excluding carboxylic acids is 1. The van der Waals surface area contributed by atoms with Crippen molar-refractivity contribution in [2.45, 2.75) is 13.0 Å². The minimum atomic E-state index is -0.558. The summed E-state index contributed by atoms with van der Waals surface area (Å²) in [4.78, 5) is 22.3. The lowest BCUT2D eigenvalue weighted by molar-refractivity contribution is 0.180. The maximum absolute atomic E-state index is 12.2. The molecule has 1 amide bonds. The monoisotopic (exact) mass is 496 g/mol. The summed E-state index contributed by atoms with van der Waals surface area (Å²) >= 11 is 6.23. The molecule has 178 valence electrons. The summed E-state index contributed by atoms with van der Waals surface area (Å²) in [6.45, 7) is 0.327. The Bertz CT molecular complexity index is 1130. The Labute approximate surface area is 203 Å². The average Bonchev–Trinajstić information content (AvgIpc) is 2.81. The van der Waals surface area contributed by atoms with Crippen molar-refractivity contribution in [2.75, 3.05) is 45.2 Å². The molecule has 0 bridgehead atoms. The number of halogens is 2. The van der Waals surface area contributed by atoms with Crippen molar-refractivity contribution in [3.05, 3.63) is 46.7 Å². The number of aliphatic hydroxyl groups excluding tert-OH is 1. The molecule has 0 saturated carbocycles. The van der Waals surface area contributed by atoms with Gasteiger partial charge in [0, 0.05) is 37.6 Å². The van der Waals surface area contributed by atoms with Gasteiger partial charge < -0.3 is 24.6 Å². The lowest BCUT2D eigenvalue weighted by atomic mass is 10.0. The van der Waals surface area contributed by atoms with Gasteiger partial charge in [-0.2, -0.15) is 0 Å². The van der Waals surface area contributed by atoms with Gasteiger partial charge in [-0.1, -0.05) is 17.7 Å². The van der Waals surface area contributed by atoms with E-state index in [4.69, 9.17) is 25.8 Å². The van der Waals surface area contributed by atoms with Crippen LogP contribution in [-0.4, -0.2) is 56.2 Å². The Hall–Kier alpha value is -3.01. The maximum atomic E-state index is 12.2. The molecule has 3 aromatic rings. The predicted molar refractivity (Wildman–Crippen MR) is 130 cm³/mol. The van der Waals surface area contributed by atoms with Crippen LogP contribution in [0.4, 0.5) is 16.3 Å². The van der Waals surface area contributed by atoms with E-state index in [1.54, 1.807) is 26.3 Å². The van der Waals surface area contributed by atoms with Crippen LogP contribution < -0.4 is 19.7 Å². The third-order valence-electron chi connectivity index (χ3n) is 5.01. The molecule has 11 heteroatoms. The summed E-state index contributed by atoms with van der Waals surface area (Å²) in [5, 5.41) is 14.1. The minimum Gasteiger partial charge on any atom is -0.495 e. The number of rotatable bonds is 8. The number of carbonyl (C=O) groups is 1. The molecule has 0 saturated heterocycles. The highest BCUT2D eigenvalue weighted by Gasteiger charge is 2.23. The first-order valence-corrected chi connectivity index (χ1v) is 10.2. The van der Waals surface area contributed by atoms with Crippen LogP contribution in [0.25, 0.3) is 10.9 Å². The number of hydrogen-bond acceptors (Lipinski definition) is 8. The summed E-state index contributed by atoms with van der Waals surface area (Å²) in [5.41, 5.74) is 2.68. The highest BCUT2D eigenvalue weighted by Crippen LogP contribution is 2.39. The standard InChI is InChI=1S/C22H25ClN4O5.ClH/c1-27(22(29)32-4)17-10-15-19(14(7-8-28)20(17)31-3)25-12-26-21(15)24-11-13-5-6-18(30-2)16(23)9-13;/h5-6,9-10,12,28H,7-8,11H2,1-4H3,(H,24,25,26);1H. The van der Waals surface area contributed by atoms with Crippen molar-refractivity contribution < 1.29 is 24.1 Å². The van der Waals surface area contributed by atoms with Crippen molar-refractivity contribution in [1.29, 1.82) is 0 Å². The molecule has 1 aromatic heterocycles. The second-order valence-corrected chi connectivity index (χ2v) is 7.26. The van der Waals surface area contributed by atoms with Crippen LogP contribution in [0.2, 0.25) is 5.02 Å². The van der Waals surface area contributed by atoms with E-state index < -0.39 is 6.09 Å². The van der Waals surface area contributed by atoms with Crippen molar-refractivity contribution in [2.24, 2.45) is 0 Å². The van der Waals surface area contributed by atoms with Crippen LogP contribution in [0, 0.1) is 0 Å². The number of methoxy groups -OCH3 is 3. The molecule has 0 aliphatic carbocycles. The Morgan fingerprint density at radius 3 is 2.55 bits per heavy atom. The first kappa shape index (κ1) is 26.2. The van der Waals surface area contributed by atoms with Crippen LogP contribution in [-0.2, 0) is 17.7 Å². The lowest BCUT2D eigenvalue weighted by Crippen LogP contribution is -2.26. The molecule has 2 aromatic carbocycles. The second kappa shape index (κ2) is 11.7. The Kier molecular flexibility index (Phi) is 9.33. The first-order valence-electron chi connectivity index (χ1n) is 9.78. The number of aromatic nitrogens is 2. The number of hydrogen-bond donors (Lipinski definition) is 2.